The first-order valence-electron chi connectivity index (χ1n) is 10.9. The molecule has 0 amide bonds. The van der Waals surface area contributed by atoms with E-state index in [9.17, 15) is 9.90 Å². The zero-order chi connectivity index (χ0) is 24.3. The lowest BCUT2D eigenvalue weighted by molar-refractivity contribution is -0.140. The van der Waals surface area contributed by atoms with Crippen LogP contribution in [0.3, 0.4) is 0 Å². The van der Waals surface area contributed by atoms with E-state index >= 15 is 0 Å². The number of hydrogen-bond acceptors (Lipinski definition) is 7. The number of pyridine rings is 1. The van der Waals surface area contributed by atoms with E-state index in [0.29, 0.717) is 41.4 Å². The van der Waals surface area contributed by atoms with E-state index in [-0.39, 0.29) is 0 Å². The van der Waals surface area contributed by atoms with Gasteiger partial charge in [-0.1, -0.05) is 36.9 Å². The fraction of sp³-hybridized carbons (Fsp3) is 0.192. The van der Waals surface area contributed by atoms with Crippen LogP contribution in [0, 0.1) is 5.41 Å². The van der Waals surface area contributed by atoms with Gasteiger partial charge in [-0.05, 0) is 42.5 Å². The zero-order valence-corrected chi connectivity index (χ0v) is 19.1. The summed E-state index contributed by atoms with van der Waals surface area (Å²) in [5.41, 5.74) is 4.63. The van der Waals surface area contributed by atoms with Crippen LogP contribution in [0.2, 0.25) is 0 Å². The molecule has 3 aromatic rings. The number of carbonyl (C=O) groups is 1. The molecule has 0 aliphatic heterocycles. The Labute approximate surface area is 198 Å². The van der Waals surface area contributed by atoms with Gasteiger partial charge in [-0.25, -0.2) is 4.98 Å². The van der Waals surface area contributed by atoms with Gasteiger partial charge in [-0.2, -0.15) is 0 Å². The van der Waals surface area contributed by atoms with Gasteiger partial charge in [0.1, 0.15) is 5.82 Å². The van der Waals surface area contributed by atoms with Crippen molar-refractivity contribution in [2.45, 2.75) is 25.2 Å². The number of anilines is 1. The molecule has 0 unspecified atom stereocenters. The maximum atomic E-state index is 11.6. The van der Waals surface area contributed by atoms with Crippen LogP contribution in [0.15, 0.2) is 67.4 Å². The minimum atomic E-state index is -0.761. The second-order valence-corrected chi connectivity index (χ2v) is 8.27. The highest BCUT2D eigenvalue weighted by atomic mass is 16.4. The normalized spacial score (nSPS) is 14.5. The van der Waals surface area contributed by atoms with Crippen LogP contribution in [-0.4, -0.2) is 39.3 Å². The minimum absolute atomic E-state index is 0.524. The molecule has 0 radical (unpaired) electrons. The molecule has 0 bridgehead atoms. The first-order valence-corrected chi connectivity index (χ1v) is 10.9. The molecule has 4 rings (SSSR count). The fourth-order valence-electron chi connectivity index (χ4n) is 3.76. The van der Waals surface area contributed by atoms with Crippen LogP contribution >= 0.6 is 0 Å². The van der Waals surface area contributed by atoms with Crippen LogP contribution < -0.4 is 10.6 Å². The van der Waals surface area contributed by atoms with E-state index in [1.807, 2.05) is 43.3 Å². The van der Waals surface area contributed by atoms with Crippen molar-refractivity contribution in [1.82, 2.24) is 20.3 Å². The molecule has 172 valence electrons. The van der Waals surface area contributed by atoms with Gasteiger partial charge < -0.3 is 21.1 Å². The summed E-state index contributed by atoms with van der Waals surface area (Å²) in [6, 6.07) is 11.4. The summed E-state index contributed by atoms with van der Waals surface area (Å²) in [6.07, 6.45) is 7.58. The topological polar surface area (TPSA) is 124 Å². The lowest BCUT2D eigenvalue weighted by atomic mass is 9.94. The third-order valence-corrected chi connectivity index (χ3v) is 5.96. The van der Waals surface area contributed by atoms with Crippen molar-refractivity contribution in [3.63, 3.8) is 0 Å². The highest BCUT2D eigenvalue weighted by Crippen LogP contribution is 2.48. The maximum Gasteiger partial charge on any atom is 0.314 e. The van der Waals surface area contributed by atoms with Gasteiger partial charge in [-0.15, -0.1) is 0 Å². The summed E-state index contributed by atoms with van der Waals surface area (Å²) >= 11 is 0. The Balaban J connectivity index is 1.58. The van der Waals surface area contributed by atoms with E-state index in [1.165, 1.54) is 6.21 Å². The van der Waals surface area contributed by atoms with E-state index < -0.39 is 11.4 Å². The number of carboxylic acids is 1. The first-order chi connectivity index (χ1) is 16.4. The largest absolute Gasteiger partial charge is 0.481 e. The van der Waals surface area contributed by atoms with Crippen LogP contribution in [0.25, 0.3) is 22.3 Å². The Morgan fingerprint density at radius 3 is 2.32 bits per heavy atom. The van der Waals surface area contributed by atoms with Gasteiger partial charge in [0.2, 0.25) is 0 Å². The Hall–Kier alpha value is -4.33. The average molecular weight is 455 g/mol. The molecule has 4 N–H and O–H groups in total. The van der Waals surface area contributed by atoms with Crippen molar-refractivity contribution in [2.24, 2.45) is 0 Å². The van der Waals surface area contributed by atoms with Gasteiger partial charge in [0.15, 0.2) is 5.82 Å². The van der Waals surface area contributed by atoms with Crippen molar-refractivity contribution in [3.05, 3.63) is 84.3 Å². The molecule has 8 heteroatoms. The third-order valence-electron chi connectivity index (χ3n) is 5.96. The summed E-state index contributed by atoms with van der Waals surface area (Å²) < 4.78 is 0. The highest BCUT2D eigenvalue weighted by Gasteiger charge is 2.51. The molecule has 1 aliphatic rings. The van der Waals surface area contributed by atoms with Crippen LogP contribution in [-0.2, 0) is 10.2 Å². The zero-order valence-electron chi connectivity index (χ0n) is 19.1. The first kappa shape index (κ1) is 22.8. The molecule has 2 aromatic heterocycles. The number of carboxylic acid groups (broad SMARTS) is 1. The molecular weight excluding hydrogens is 428 g/mol. The Morgan fingerprint density at radius 1 is 1.09 bits per heavy atom. The molecule has 0 atom stereocenters. The summed E-state index contributed by atoms with van der Waals surface area (Å²) in [7, 11) is 1.75. The Morgan fingerprint density at radius 2 is 1.79 bits per heavy atom. The molecule has 0 spiro atoms. The quantitative estimate of drug-likeness (QED) is 0.355. The van der Waals surface area contributed by atoms with Crippen LogP contribution in [0.5, 0.6) is 0 Å². The number of nitrogens with one attached hydrogen (secondary N) is 3. The van der Waals surface area contributed by atoms with E-state index in [0.717, 1.165) is 22.3 Å². The predicted octanol–water partition coefficient (Wildman–Crippen LogP) is 4.34. The lowest BCUT2D eigenvalue weighted by Gasteiger charge is -2.14. The summed E-state index contributed by atoms with van der Waals surface area (Å²) in [6.45, 7) is 5.76. The van der Waals surface area contributed by atoms with Gasteiger partial charge >= 0.3 is 5.97 Å². The number of benzene rings is 1. The van der Waals surface area contributed by atoms with Crippen molar-refractivity contribution >= 4 is 29.1 Å². The number of rotatable bonds is 9. The third kappa shape index (κ3) is 4.43. The van der Waals surface area contributed by atoms with E-state index in [1.54, 1.807) is 25.6 Å². The number of nitrogens with zero attached hydrogens (tertiary/aromatic N) is 3. The van der Waals surface area contributed by atoms with E-state index in [4.69, 9.17) is 5.41 Å². The van der Waals surface area contributed by atoms with Crippen LogP contribution in [0.4, 0.5) is 5.82 Å². The van der Waals surface area contributed by atoms with Gasteiger partial charge in [0, 0.05) is 25.0 Å². The van der Waals surface area contributed by atoms with Gasteiger partial charge in [0.05, 0.1) is 34.8 Å². The predicted molar refractivity (Wildman–Crippen MR) is 133 cm³/mol. The average Bonchev–Trinajstić information content (AvgIpc) is 3.67. The molecule has 1 aromatic carbocycles. The second kappa shape index (κ2) is 9.27. The fourth-order valence-corrected chi connectivity index (χ4v) is 3.76. The molecule has 2 heterocycles. The standard InChI is InChI=1S/C26H26N6O2/c1-16(2)22-14-29-15-23(31-22)32-24(28-3)20(12-27)21-9-6-18(13-30-21)17-4-7-19(8-5-17)26(10-11-26)25(33)34/h4-9,12-15,27-28H,1,10-11H2,2-3H3,(H,31,32)(H,33,34)/b24-20-,27-12?. The monoisotopic (exact) mass is 454 g/mol. The minimum Gasteiger partial charge on any atom is -0.481 e. The van der Waals surface area contributed by atoms with Crippen molar-refractivity contribution in [3.8, 4) is 11.1 Å². The molecule has 1 aliphatic carbocycles. The van der Waals surface area contributed by atoms with Crippen LogP contribution in [0.1, 0.15) is 36.7 Å². The SMILES string of the molecule is C=C(C)c1cncc(N/C(NC)=C(/C=N)c2ccc(-c3ccc(C4(C(=O)O)CC4)cc3)cn2)n1. The van der Waals surface area contributed by atoms with Crippen molar-refractivity contribution in [2.75, 3.05) is 12.4 Å². The number of hydrogen-bond donors (Lipinski definition) is 4. The number of allylic oxidation sites excluding steroid dienone is 2. The summed E-state index contributed by atoms with van der Waals surface area (Å²) in [5, 5.41) is 23.7. The smallest absolute Gasteiger partial charge is 0.314 e. The Bertz CT molecular complexity index is 1280. The van der Waals surface area contributed by atoms with Crippen molar-refractivity contribution < 1.29 is 9.90 Å². The van der Waals surface area contributed by atoms with Gasteiger partial charge in [-0.3, -0.25) is 14.8 Å². The van der Waals surface area contributed by atoms with E-state index in [2.05, 4.69) is 32.2 Å². The second-order valence-electron chi connectivity index (χ2n) is 8.27. The molecule has 1 saturated carbocycles. The molecule has 8 nitrogen and oxygen atoms in total. The number of aliphatic carboxylic acids is 1. The lowest BCUT2D eigenvalue weighted by Crippen LogP contribution is -2.19. The van der Waals surface area contributed by atoms with Crippen molar-refractivity contribution in [1.29, 1.82) is 5.41 Å². The summed E-state index contributed by atoms with van der Waals surface area (Å²) in [5.74, 6) is 0.329. The van der Waals surface area contributed by atoms with Gasteiger partial charge in [0.25, 0.3) is 0 Å². The molecular formula is C26H26N6O2. The summed E-state index contributed by atoms with van der Waals surface area (Å²) in [4.78, 5) is 24.8. The number of aromatic nitrogens is 3. The molecule has 0 saturated heterocycles. The molecule has 1 fully saturated rings. The highest BCUT2D eigenvalue weighted by molar-refractivity contribution is 6.09. The maximum absolute atomic E-state index is 11.6. The Kier molecular flexibility index (Phi) is 6.23. The molecule has 34 heavy (non-hydrogen) atoms.